The van der Waals surface area contributed by atoms with E-state index in [4.69, 9.17) is 0 Å². The van der Waals surface area contributed by atoms with Gasteiger partial charge in [-0.1, -0.05) is 22.0 Å². The van der Waals surface area contributed by atoms with E-state index in [-0.39, 0.29) is 11.8 Å². The van der Waals surface area contributed by atoms with Crippen LogP contribution in [-0.4, -0.2) is 10.3 Å². The van der Waals surface area contributed by atoms with Gasteiger partial charge in [0.05, 0.1) is 0 Å². The van der Waals surface area contributed by atoms with Gasteiger partial charge < -0.3 is 9.72 Å². The van der Waals surface area contributed by atoms with Gasteiger partial charge in [0.15, 0.2) is 0 Å². The van der Waals surface area contributed by atoms with Crippen LogP contribution in [0.1, 0.15) is 42.0 Å². The Kier molecular flexibility index (Phi) is 4.38. The molecule has 0 fully saturated rings. The number of amides is 1. The lowest BCUT2D eigenvalue weighted by molar-refractivity contribution is -0.116. The standard InChI is InChI=1S/C21H21BrN2O/c1-14-18-6-4-5-15(21(18)24-12-3-2-7-19(14)24)13-20(25)23-17-10-8-16(22)9-11-17/h2-3,7-12,15H,4-6,13H2,1H3,(H,23,25)/t15-/m1/s1. The predicted octanol–water partition coefficient (Wildman–Crippen LogP) is 5.46. The maximum atomic E-state index is 12.6. The van der Waals surface area contributed by atoms with E-state index in [9.17, 15) is 4.79 Å². The second kappa shape index (κ2) is 6.68. The molecule has 0 spiro atoms. The second-order valence-electron chi connectivity index (χ2n) is 6.79. The van der Waals surface area contributed by atoms with Crippen molar-refractivity contribution in [2.75, 3.05) is 5.32 Å². The molecule has 4 rings (SSSR count). The van der Waals surface area contributed by atoms with Gasteiger partial charge in [0.1, 0.15) is 0 Å². The van der Waals surface area contributed by atoms with Crippen molar-refractivity contribution in [3.8, 4) is 0 Å². The average molecular weight is 397 g/mol. The van der Waals surface area contributed by atoms with Crippen molar-refractivity contribution < 1.29 is 4.79 Å². The monoisotopic (exact) mass is 396 g/mol. The highest BCUT2D eigenvalue weighted by atomic mass is 79.9. The number of aryl methyl sites for hydroxylation is 1. The predicted molar refractivity (Wildman–Crippen MR) is 105 cm³/mol. The summed E-state index contributed by atoms with van der Waals surface area (Å²) >= 11 is 3.42. The van der Waals surface area contributed by atoms with Crippen LogP contribution in [0.15, 0.2) is 53.1 Å². The lowest BCUT2D eigenvalue weighted by Crippen LogP contribution is -2.19. The van der Waals surface area contributed by atoms with Gasteiger partial charge in [-0.05, 0) is 73.7 Å². The first-order valence-corrected chi connectivity index (χ1v) is 9.56. The van der Waals surface area contributed by atoms with Crippen molar-refractivity contribution in [2.45, 2.75) is 38.5 Å². The number of halogens is 1. The molecule has 0 saturated carbocycles. The highest BCUT2D eigenvalue weighted by Crippen LogP contribution is 2.38. The van der Waals surface area contributed by atoms with E-state index >= 15 is 0 Å². The van der Waals surface area contributed by atoms with Crippen molar-refractivity contribution in [3.63, 3.8) is 0 Å². The van der Waals surface area contributed by atoms with E-state index in [1.807, 2.05) is 24.3 Å². The van der Waals surface area contributed by atoms with Crippen LogP contribution in [0, 0.1) is 6.92 Å². The zero-order valence-corrected chi connectivity index (χ0v) is 15.8. The van der Waals surface area contributed by atoms with E-state index in [1.165, 1.54) is 22.3 Å². The summed E-state index contributed by atoms with van der Waals surface area (Å²) < 4.78 is 3.30. The fourth-order valence-corrected chi connectivity index (χ4v) is 4.30. The van der Waals surface area contributed by atoms with Crippen LogP contribution in [0.5, 0.6) is 0 Å². The van der Waals surface area contributed by atoms with Crippen molar-refractivity contribution in [2.24, 2.45) is 0 Å². The molecule has 3 aromatic rings. The Balaban J connectivity index is 1.59. The summed E-state index contributed by atoms with van der Waals surface area (Å²) in [6.45, 7) is 2.21. The largest absolute Gasteiger partial charge is 0.326 e. The number of carbonyl (C=O) groups is 1. The first-order chi connectivity index (χ1) is 12.1. The molecular formula is C21H21BrN2O. The number of anilines is 1. The quantitative estimate of drug-likeness (QED) is 0.626. The van der Waals surface area contributed by atoms with Crippen molar-refractivity contribution in [3.05, 3.63) is 70.0 Å². The van der Waals surface area contributed by atoms with Crippen LogP contribution in [0.4, 0.5) is 5.69 Å². The van der Waals surface area contributed by atoms with E-state index in [0.717, 1.165) is 29.4 Å². The highest BCUT2D eigenvalue weighted by Gasteiger charge is 2.28. The van der Waals surface area contributed by atoms with E-state index in [0.29, 0.717) is 6.42 Å². The Morgan fingerprint density at radius 1 is 1.24 bits per heavy atom. The third-order valence-corrected chi connectivity index (χ3v) is 5.72. The Morgan fingerprint density at radius 3 is 2.84 bits per heavy atom. The molecule has 1 atom stereocenters. The van der Waals surface area contributed by atoms with Gasteiger partial charge in [0, 0.05) is 39.9 Å². The molecule has 0 unspecified atom stereocenters. The molecule has 2 heterocycles. The minimum Gasteiger partial charge on any atom is -0.326 e. The summed E-state index contributed by atoms with van der Waals surface area (Å²) in [5.41, 5.74) is 6.27. The van der Waals surface area contributed by atoms with Gasteiger partial charge in [-0.25, -0.2) is 0 Å². The lowest BCUT2D eigenvalue weighted by atomic mass is 9.84. The molecule has 4 heteroatoms. The summed E-state index contributed by atoms with van der Waals surface area (Å²) in [6.07, 6.45) is 6.01. The number of pyridine rings is 1. The van der Waals surface area contributed by atoms with Crippen LogP contribution in [0.25, 0.3) is 5.52 Å². The molecule has 1 N–H and O–H groups in total. The summed E-state index contributed by atoms with van der Waals surface area (Å²) in [4.78, 5) is 12.6. The molecule has 25 heavy (non-hydrogen) atoms. The van der Waals surface area contributed by atoms with E-state index < -0.39 is 0 Å². The normalized spacial score (nSPS) is 16.6. The first kappa shape index (κ1) is 16.4. The third-order valence-electron chi connectivity index (χ3n) is 5.19. The molecule has 2 aromatic heterocycles. The Morgan fingerprint density at radius 2 is 2.04 bits per heavy atom. The molecule has 0 bridgehead atoms. The van der Waals surface area contributed by atoms with Gasteiger partial charge in [-0.3, -0.25) is 4.79 Å². The van der Waals surface area contributed by atoms with E-state index in [2.05, 4.69) is 57.0 Å². The molecule has 128 valence electrons. The maximum absolute atomic E-state index is 12.6. The number of nitrogens with one attached hydrogen (secondary N) is 1. The maximum Gasteiger partial charge on any atom is 0.225 e. The minimum atomic E-state index is 0.0868. The molecule has 1 aliphatic rings. The number of nitrogens with zero attached hydrogens (tertiary/aromatic N) is 1. The fraction of sp³-hybridized carbons (Fsp3) is 0.286. The number of aromatic nitrogens is 1. The van der Waals surface area contributed by atoms with Gasteiger partial charge >= 0.3 is 0 Å². The zero-order chi connectivity index (χ0) is 17.4. The van der Waals surface area contributed by atoms with Crippen LogP contribution in [0.3, 0.4) is 0 Å². The highest BCUT2D eigenvalue weighted by molar-refractivity contribution is 9.10. The summed E-state index contributed by atoms with van der Waals surface area (Å²) in [5.74, 6) is 0.367. The number of fused-ring (bicyclic) bond motifs is 3. The van der Waals surface area contributed by atoms with Crippen LogP contribution in [-0.2, 0) is 11.2 Å². The second-order valence-corrected chi connectivity index (χ2v) is 7.71. The van der Waals surface area contributed by atoms with Gasteiger partial charge in [0.25, 0.3) is 0 Å². The summed E-state index contributed by atoms with van der Waals surface area (Å²) in [7, 11) is 0. The van der Waals surface area contributed by atoms with Crippen LogP contribution in [0.2, 0.25) is 0 Å². The average Bonchev–Trinajstić information content (AvgIpc) is 2.91. The molecule has 0 radical (unpaired) electrons. The van der Waals surface area contributed by atoms with Crippen molar-refractivity contribution in [1.29, 1.82) is 0 Å². The van der Waals surface area contributed by atoms with Crippen molar-refractivity contribution in [1.82, 2.24) is 4.40 Å². The smallest absolute Gasteiger partial charge is 0.225 e. The van der Waals surface area contributed by atoms with Crippen molar-refractivity contribution >= 4 is 33.0 Å². The molecule has 1 amide bonds. The SMILES string of the molecule is Cc1c2c(n3ccccc13)[C@@H](CC(=O)Nc1ccc(Br)cc1)CCC2. The Labute approximate surface area is 156 Å². The number of benzene rings is 1. The number of carbonyl (C=O) groups excluding carboxylic acids is 1. The van der Waals surface area contributed by atoms with Crippen LogP contribution < -0.4 is 5.32 Å². The zero-order valence-electron chi connectivity index (χ0n) is 14.3. The Bertz CT molecular complexity index is 927. The molecule has 0 aliphatic heterocycles. The van der Waals surface area contributed by atoms with E-state index in [1.54, 1.807) is 0 Å². The molecule has 1 aromatic carbocycles. The molecular weight excluding hydrogens is 376 g/mol. The summed E-state index contributed by atoms with van der Waals surface area (Å²) in [5, 5.41) is 3.03. The van der Waals surface area contributed by atoms with Gasteiger partial charge in [-0.2, -0.15) is 0 Å². The lowest BCUT2D eigenvalue weighted by Gasteiger charge is -2.23. The minimum absolute atomic E-state index is 0.0868. The topological polar surface area (TPSA) is 33.5 Å². The number of hydrogen-bond acceptors (Lipinski definition) is 1. The van der Waals surface area contributed by atoms with Gasteiger partial charge in [0.2, 0.25) is 5.91 Å². The summed E-state index contributed by atoms with van der Waals surface area (Å²) in [6, 6.07) is 14.1. The fourth-order valence-electron chi connectivity index (χ4n) is 4.04. The Hall–Kier alpha value is -2.07. The van der Waals surface area contributed by atoms with Crippen LogP contribution >= 0.6 is 15.9 Å². The molecule has 3 nitrogen and oxygen atoms in total. The molecule has 0 saturated heterocycles. The number of rotatable bonds is 3. The third kappa shape index (κ3) is 3.11. The molecule has 1 aliphatic carbocycles. The number of hydrogen-bond donors (Lipinski definition) is 1. The van der Waals surface area contributed by atoms with Gasteiger partial charge in [-0.15, -0.1) is 0 Å². The first-order valence-electron chi connectivity index (χ1n) is 8.77.